The van der Waals surface area contributed by atoms with E-state index in [1.165, 1.54) is 5.56 Å². The van der Waals surface area contributed by atoms with Crippen LogP contribution in [0.25, 0.3) is 6.08 Å². The number of anilines is 1. The summed E-state index contributed by atoms with van der Waals surface area (Å²) in [6, 6.07) is 13.2. The average Bonchev–Trinajstić information content (AvgIpc) is 2.69. The van der Waals surface area contributed by atoms with Gasteiger partial charge in [-0.1, -0.05) is 53.9 Å². The minimum Gasteiger partial charge on any atom is -0.366 e. The summed E-state index contributed by atoms with van der Waals surface area (Å²) in [6.07, 6.45) is 7.47. The van der Waals surface area contributed by atoms with Crippen molar-refractivity contribution >= 4 is 40.9 Å². The van der Waals surface area contributed by atoms with Crippen LogP contribution in [-0.4, -0.2) is 25.2 Å². The van der Waals surface area contributed by atoms with Gasteiger partial charge in [-0.15, -0.1) is 0 Å². The number of para-hydroxylation sites is 1. The number of rotatable bonds is 8. The predicted molar refractivity (Wildman–Crippen MR) is 114 cm³/mol. The Hall–Kier alpha value is -2.01. The number of carbonyl (C=O) groups is 1. The van der Waals surface area contributed by atoms with Crippen molar-refractivity contribution in [3.63, 3.8) is 0 Å². The maximum atomic E-state index is 12.1. The summed E-state index contributed by atoms with van der Waals surface area (Å²) in [7, 11) is 0. The van der Waals surface area contributed by atoms with Crippen LogP contribution in [-0.2, 0) is 0 Å². The van der Waals surface area contributed by atoms with Crippen LogP contribution in [0.1, 0.15) is 35.2 Å². The number of hydrogen-bond donors (Lipinski definition) is 3. The van der Waals surface area contributed by atoms with Crippen molar-refractivity contribution < 1.29 is 4.79 Å². The van der Waals surface area contributed by atoms with E-state index in [4.69, 9.17) is 23.2 Å². The second-order valence-electron chi connectivity index (χ2n) is 6.47. The van der Waals surface area contributed by atoms with Crippen molar-refractivity contribution in [2.24, 2.45) is 0 Å². The fraction of sp³-hybridized carbons (Fsp3) is 0.286. The molecule has 2 aromatic rings. The molecule has 3 rings (SSSR count). The van der Waals surface area contributed by atoms with Gasteiger partial charge in [0.15, 0.2) is 0 Å². The van der Waals surface area contributed by atoms with Crippen LogP contribution in [0.5, 0.6) is 0 Å². The van der Waals surface area contributed by atoms with Crippen LogP contribution in [0.3, 0.4) is 0 Å². The summed E-state index contributed by atoms with van der Waals surface area (Å²) in [5, 5.41) is 10.7. The van der Waals surface area contributed by atoms with Crippen molar-refractivity contribution in [1.82, 2.24) is 10.6 Å². The smallest absolute Gasteiger partial charge is 0.251 e. The highest BCUT2D eigenvalue weighted by Crippen LogP contribution is 2.23. The molecule has 0 aliphatic carbocycles. The summed E-state index contributed by atoms with van der Waals surface area (Å²) in [4.78, 5) is 12.1. The van der Waals surface area contributed by atoms with E-state index >= 15 is 0 Å². The first kappa shape index (κ1) is 19.7. The Labute approximate surface area is 169 Å². The van der Waals surface area contributed by atoms with Crippen LogP contribution in [0.4, 0.5) is 5.69 Å². The van der Waals surface area contributed by atoms with Gasteiger partial charge in [0.2, 0.25) is 0 Å². The van der Waals surface area contributed by atoms with Gasteiger partial charge in [-0.2, -0.15) is 0 Å². The summed E-state index contributed by atoms with van der Waals surface area (Å²) in [6.45, 7) is 1.57. The van der Waals surface area contributed by atoms with E-state index in [1.807, 2.05) is 12.1 Å². The molecule has 3 N–H and O–H groups in total. The molecule has 0 fully saturated rings. The van der Waals surface area contributed by atoms with Crippen molar-refractivity contribution in [3.8, 4) is 0 Å². The monoisotopic (exact) mass is 403 g/mol. The first-order chi connectivity index (χ1) is 13.1. The zero-order valence-corrected chi connectivity index (χ0v) is 16.5. The maximum Gasteiger partial charge on any atom is 0.251 e. The van der Waals surface area contributed by atoms with E-state index in [1.54, 1.807) is 18.2 Å². The number of unbranched alkanes of at least 4 members (excludes halogenated alkanes) is 2. The molecule has 2 aromatic carbocycles. The largest absolute Gasteiger partial charge is 0.366 e. The van der Waals surface area contributed by atoms with Gasteiger partial charge < -0.3 is 10.6 Å². The van der Waals surface area contributed by atoms with Crippen molar-refractivity contribution in [2.45, 2.75) is 25.4 Å². The molecule has 1 heterocycles. The molecule has 27 heavy (non-hydrogen) atoms. The SMILES string of the molecule is O=C(NCCCCCNC1C=Cc2ccccc2N1)c1ccc(Cl)c(Cl)c1. The van der Waals surface area contributed by atoms with Gasteiger partial charge in [0.1, 0.15) is 0 Å². The Bertz CT molecular complexity index is 823. The van der Waals surface area contributed by atoms with Crippen LogP contribution < -0.4 is 16.0 Å². The molecule has 142 valence electrons. The normalized spacial score (nSPS) is 15.1. The molecular formula is C21H23Cl2N3O. The summed E-state index contributed by atoms with van der Waals surface area (Å²) < 4.78 is 0. The number of carbonyl (C=O) groups excluding carboxylic acids is 1. The van der Waals surface area contributed by atoms with E-state index < -0.39 is 0 Å². The van der Waals surface area contributed by atoms with Crippen molar-refractivity contribution in [1.29, 1.82) is 0 Å². The lowest BCUT2D eigenvalue weighted by Crippen LogP contribution is -2.36. The van der Waals surface area contributed by atoms with E-state index in [0.717, 1.165) is 31.5 Å². The lowest BCUT2D eigenvalue weighted by molar-refractivity contribution is 0.0953. The molecule has 0 bridgehead atoms. The van der Waals surface area contributed by atoms with Crippen molar-refractivity contribution in [2.75, 3.05) is 18.4 Å². The van der Waals surface area contributed by atoms with Crippen LogP contribution in [0.15, 0.2) is 48.5 Å². The fourth-order valence-electron chi connectivity index (χ4n) is 2.93. The highest BCUT2D eigenvalue weighted by molar-refractivity contribution is 6.42. The van der Waals surface area contributed by atoms with Crippen LogP contribution >= 0.6 is 23.2 Å². The number of hydrogen-bond acceptors (Lipinski definition) is 3. The predicted octanol–water partition coefficient (Wildman–Crippen LogP) is 4.95. The molecule has 0 radical (unpaired) electrons. The average molecular weight is 404 g/mol. The standard InChI is InChI=1S/C21H23Cl2N3O/c22-17-10-8-16(14-18(17)23)21(27)25-13-5-1-4-12-24-20-11-9-15-6-2-3-7-19(15)26-20/h2-3,6-11,14,20,24,26H,1,4-5,12-13H2,(H,25,27). The molecule has 4 nitrogen and oxygen atoms in total. The van der Waals surface area contributed by atoms with Gasteiger partial charge in [0.05, 0.1) is 16.2 Å². The zero-order chi connectivity index (χ0) is 19.1. The highest BCUT2D eigenvalue weighted by Gasteiger charge is 2.10. The molecule has 0 saturated carbocycles. The minimum atomic E-state index is -0.123. The van der Waals surface area contributed by atoms with E-state index in [-0.39, 0.29) is 12.1 Å². The first-order valence-corrected chi connectivity index (χ1v) is 9.89. The highest BCUT2D eigenvalue weighted by atomic mass is 35.5. The van der Waals surface area contributed by atoms with E-state index in [2.05, 4.69) is 40.2 Å². The van der Waals surface area contributed by atoms with Crippen LogP contribution in [0, 0.1) is 0 Å². The number of benzene rings is 2. The lowest BCUT2D eigenvalue weighted by atomic mass is 10.1. The van der Waals surface area contributed by atoms with Gasteiger partial charge in [-0.05, 0) is 55.3 Å². The second-order valence-corrected chi connectivity index (χ2v) is 7.28. The van der Waals surface area contributed by atoms with Gasteiger partial charge in [0.25, 0.3) is 5.91 Å². The molecular weight excluding hydrogens is 381 g/mol. The third-order valence-electron chi connectivity index (χ3n) is 4.43. The zero-order valence-electron chi connectivity index (χ0n) is 15.0. The van der Waals surface area contributed by atoms with Crippen LogP contribution in [0.2, 0.25) is 10.0 Å². The van der Waals surface area contributed by atoms with E-state index in [0.29, 0.717) is 22.2 Å². The molecule has 1 atom stereocenters. The maximum absolute atomic E-state index is 12.1. The molecule has 1 unspecified atom stereocenters. The molecule has 1 aliphatic heterocycles. The minimum absolute atomic E-state index is 0.123. The van der Waals surface area contributed by atoms with Gasteiger partial charge in [-0.3, -0.25) is 10.1 Å². The number of amides is 1. The topological polar surface area (TPSA) is 53.2 Å². The van der Waals surface area contributed by atoms with Gasteiger partial charge in [-0.25, -0.2) is 0 Å². The quantitative estimate of drug-likeness (QED) is 0.546. The summed E-state index contributed by atoms with van der Waals surface area (Å²) in [5.74, 6) is -0.123. The van der Waals surface area contributed by atoms with Gasteiger partial charge >= 0.3 is 0 Å². The van der Waals surface area contributed by atoms with Crippen molar-refractivity contribution in [3.05, 3.63) is 69.7 Å². The fourth-order valence-corrected chi connectivity index (χ4v) is 3.23. The molecule has 0 saturated heterocycles. The second kappa shape index (κ2) is 9.79. The lowest BCUT2D eigenvalue weighted by Gasteiger charge is -2.23. The third-order valence-corrected chi connectivity index (χ3v) is 5.16. The molecule has 0 spiro atoms. The molecule has 6 heteroatoms. The molecule has 1 aliphatic rings. The Morgan fingerprint density at radius 1 is 1.00 bits per heavy atom. The summed E-state index contributed by atoms with van der Waals surface area (Å²) in [5.41, 5.74) is 2.90. The Kier molecular flexibility index (Phi) is 7.16. The third kappa shape index (κ3) is 5.73. The first-order valence-electron chi connectivity index (χ1n) is 9.14. The van der Waals surface area contributed by atoms with E-state index in [9.17, 15) is 4.79 Å². The Balaban J connectivity index is 1.28. The molecule has 0 aromatic heterocycles. The number of fused-ring (bicyclic) bond motifs is 1. The molecule has 1 amide bonds. The number of nitrogens with one attached hydrogen (secondary N) is 3. The number of halogens is 2. The van der Waals surface area contributed by atoms with Gasteiger partial charge in [0, 0.05) is 17.8 Å². The Morgan fingerprint density at radius 2 is 1.81 bits per heavy atom. The Morgan fingerprint density at radius 3 is 2.67 bits per heavy atom. The summed E-state index contributed by atoms with van der Waals surface area (Å²) >= 11 is 11.8.